The van der Waals surface area contributed by atoms with Crippen molar-refractivity contribution in [1.29, 1.82) is 0 Å². The van der Waals surface area contributed by atoms with Gasteiger partial charge in [-0.2, -0.15) is 0 Å². The molecule has 0 aliphatic carbocycles. The Kier molecular flexibility index (Phi) is 3.50. The average Bonchev–Trinajstić information content (AvgIpc) is 3.33. The van der Waals surface area contributed by atoms with Gasteiger partial charge >= 0.3 is 0 Å². The highest BCUT2D eigenvalue weighted by Crippen LogP contribution is 2.25. The second kappa shape index (κ2) is 6.14. The quantitative estimate of drug-likeness (QED) is 0.467. The van der Waals surface area contributed by atoms with Crippen molar-refractivity contribution in [3.63, 3.8) is 0 Å². The number of rotatable bonds is 3. The molecule has 5 nitrogen and oxygen atoms in total. The predicted molar refractivity (Wildman–Crippen MR) is 106 cm³/mol. The van der Waals surface area contributed by atoms with Gasteiger partial charge in [-0.15, -0.1) is 0 Å². The van der Waals surface area contributed by atoms with Gasteiger partial charge < -0.3 is 14.7 Å². The second-order valence-corrected chi connectivity index (χ2v) is 6.27. The van der Waals surface area contributed by atoms with E-state index in [9.17, 15) is 4.79 Å². The molecule has 5 heteroatoms. The summed E-state index contributed by atoms with van der Waals surface area (Å²) in [4.78, 5) is 20.2. The Hall–Kier alpha value is -3.86. The summed E-state index contributed by atoms with van der Waals surface area (Å²) < 4.78 is 5.78. The number of aromatic amines is 1. The molecule has 2 aromatic heterocycles. The van der Waals surface area contributed by atoms with Crippen molar-refractivity contribution in [2.24, 2.45) is 0 Å². The predicted octanol–water partition coefficient (Wildman–Crippen LogP) is 5.23. The number of fused-ring (bicyclic) bond motifs is 2. The van der Waals surface area contributed by atoms with Crippen LogP contribution in [-0.4, -0.2) is 15.9 Å². The highest BCUT2D eigenvalue weighted by molar-refractivity contribution is 6.12. The summed E-state index contributed by atoms with van der Waals surface area (Å²) in [6.07, 6.45) is 1.73. The van der Waals surface area contributed by atoms with Crippen molar-refractivity contribution in [3.8, 4) is 11.5 Å². The molecule has 2 heterocycles. The highest BCUT2D eigenvalue weighted by atomic mass is 16.3. The molecule has 0 saturated carbocycles. The fraction of sp³-hybridized carbons (Fsp3) is 0. The third kappa shape index (κ3) is 2.75. The van der Waals surface area contributed by atoms with Gasteiger partial charge in [0.1, 0.15) is 5.52 Å². The molecule has 0 atom stereocenters. The Bertz CT molecular complexity index is 1230. The first-order chi connectivity index (χ1) is 13.3. The first-order valence-corrected chi connectivity index (χ1v) is 8.61. The first-order valence-electron chi connectivity index (χ1n) is 8.61. The van der Waals surface area contributed by atoms with Crippen LogP contribution in [0.15, 0.2) is 83.4 Å². The number of H-pyrrole nitrogens is 1. The van der Waals surface area contributed by atoms with E-state index >= 15 is 0 Å². The summed E-state index contributed by atoms with van der Waals surface area (Å²) in [6, 6.07) is 22.8. The lowest BCUT2D eigenvalue weighted by Crippen LogP contribution is -2.11. The normalized spacial score (nSPS) is 11.1. The molecule has 0 unspecified atom stereocenters. The van der Waals surface area contributed by atoms with Gasteiger partial charge in [-0.1, -0.05) is 30.3 Å². The summed E-state index contributed by atoms with van der Waals surface area (Å²) in [5.74, 6) is 0.410. The minimum absolute atomic E-state index is 0.151. The van der Waals surface area contributed by atoms with Gasteiger partial charge in [-0.3, -0.25) is 4.79 Å². The van der Waals surface area contributed by atoms with Crippen molar-refractivity contribution in [3.05, 3.63) is 84.6 Å². The molecule has 5 rings (SSSR count). The van der Waals surface area contributed by atoms with Gasteiger partial charge in [0.2, 0.25) is 5.89 Å². The third-order valence-electron chi connectivity index (χ3n) is 4.52. The molecular formula is C22H15N3O2. The van der Waals surface area contributed by atoms with E-state index in [1.165, 1.54) is 0 Å². The SMILES string of the molecule is O=C(Nc1ccc(-c2nc3ccccc3o2)cc1)c1c[nH]c2ccccc12. The van der Waals surface area contributed by atoms with Crippen LogP contribution in [0.4, 0.5) is 5.69 Å². The Balaban J connectivity index is 1.39. The molecule has 0 aliphatic heterocycles. The fourth-order valence-corrected chi connectivity index (χ4v) is 3.15. The zero-order valence-electron chi connectivity index (χ0n) is 14.3. The van der Waals surface area contributed by atoms with E-state index in [4.69, 9.17) is 4.42 Å². The third-order valence-corrected chi connectivity index (χ3v) is 4.52. The molecule has 0 spiro atoms. The molecule has 2 N–H and O–H groups in total. The first kappa shape index (κ1) is 15.4. The minimum atomic E-state index is -0.151. The number of hydrogen-bond acceptors (Lipinski definition) is 3. The molecule has 130 valence electrons. The number of carbonyl (C=O) groups excluding carboxylic acids is 1. The molecular weight excluding hydrogens is 338 g/mol. The van der Waals surface area contributed by atoms with Crippen molar-refractivity contribution < 1.29 is 9.21 Å². The molecule has 0 bridgehead atoms. The number of nitrogens with one attached hydrogen (secondary N) is 2. The molecule has 0 radical (unpaired) electrons. The Labute approximate surface area is 154 Å². The standard InChI is InChI=1S/C22H15N3O2/c26-21(17-13-23-18-6-2-1-5-16(17)18)24-15-11-9-14(10-12-15)22-25-19-7-3-4-8-20(19)27-22/h1-13,23H,(H,24,26). The van der Waals surface area contributed by atoms with E-state index < -0.39 is 0 Å². The molecule has 1 amide bonds. The van der Waals surface area contributed by atoms with Crippen LogP contribution in [0.1, 0.15) is 10.4 Å². The maximum absolute atomic E-state index is 12.6. The molecule has 27 heavy (non-hydrogen) atoms. The van der Waals surface area contributed by atoms with E-state index in [2.05, 4.69) is 15.3 Å². The lowest BCUT2D eigenvalue weighted by molar-refractivity contribution is 0.102. The number of para-hydroxylation sites is 3. The summed E-state index contributed by atoms with van der Waals surface area (Å²) >= 11 is 0. The monoisotopic (exact) mass is 353 g/mol. The Morgan fingerprint density at radius 2 is 1.70 bits per heavy atom. The minimum Gasteiger partial charge on any atom is -0.436 e. The number of carbonyl (C=O) groups is 1. The van der Waals surface area contributed by atoms with Gasteiger partial charge in [0, 0.05) is 28.4 Å². The van der Waals surface area contributed by atoms with Gasteiger partial charge in [-0.05, 0) is 42.5 Å². The summed E-state index contributed by atoms with van der Waals surface area (Å²) in [7, 11) is 0. The molecule has 0 saturated heterocycles. The van der Waals surface area contributed by atoms with Gasteiger partial charge in [-0.25, -0.2) is 4.98 Å². The lowest BCUT2D eigenvalue weighted by atomic mass is 10.1. The fourth-order valence-electron chi connectivity index (χ4n) is 3.15. The zero-order valence-corrected chi connectivity index (χ0v) is 14.3. The molecule has 0 aliphatic rings. The average molecular weight is 353 g/mol. The van der Waals surface area contributed by atoms with E-state index in [-0.39, 0.29) is 5.91 Å². The number of amides is 1. The van der Waals surface area contributed by atoms with Gasteiger partial charge in [0.25, 0.3) is 5.91 Å². The summed E-state index contributed by atoms with van der Waals surface area (Å²) in [5.41, 5.74) is 4.71. The Morgan fingerprint density at radius 3 is 2.56 bits per heavy atom. The summed E-state index contributed by atoms with van der Waals surface area (Å²) in [6.45, 7) is 0. The number of benzene rings is 3. The van der Waals surface area contributed by atoms with Crippen LogP contribution in [-0.2, 0) is 0 Å². The van der Waals surface area contributed by atoms with E-state index in [0.717, 1.165) is 27.6 Å². The Morgan fingerprint density at radius 1 is 0.926 bits per heavy atom. The van der Waals surface area contributed by atoms with Crippen molar-refractivity contribution in [2.45, 2.75) is 0 Å². The number of anilines is 1. The van der Waals surface area contributed by atoms with Crippen LogP contribution in [0.3, 0.4) is 0 Å². The number of nitrogens with zero attached hydrogens (tertiary/aromatic N) is 1. The van der Waals surface area contributed by atoms with Crippen molar-refractivity contribution in [2.75, 3.05) is 5.32 Å². The maximum atomic E-state index is 12.6. The molecule has 0 fully saturated rings. The largest absolute Gasteiger partial charge is 0.436 e. The number of aromatic nitrogens is 2. The van der Waals surface area contributed by atoms with Gasteiger partial charge in [0.15, 0.2) is 5.58 Å². The zero-order chi connectivity index (χ0) is 18.2. The van der Waals surface area contributed by atoms with Crippen molar-refractivity contribution in [1.82, 2.24) is 9.97 Å². The smallest absolute Gasteiger partial charge is 0.257 e. The van der Waals surface area contributed by atoms with E-state index in [0.29, 0.717) is 17.1 Å². The van der Waals surface area contributed by atoms with E-state index in [1.54, 1.807) is 6.20 Å². The second-order valence-electron chi connectivity index (χ2n) is 6.27. The van der Waals surface area contributed by atoms with Crippen LogP contribution in [0, 0.1) is 0 Å². The van der Waals surface area contributed by atoms with Crippen molar-refractivity contribution >= 4 is 33.6 Å². The molecule has 5 aromatic rings. The van der Waals surface area contributed by atoms with Crippen LogP contribution < -0.4 is 5.32 Å². The van der Waals surface area contributed by atoms with Crippen LogP contribution in [0.5, 0.6) is 0 Å². The van der Waals surface area contributed by atoms with Gasteiger partial charge in [0.05, 0.1) is 5.56 Å². The molecule has 3 aromatic carbocycles. The van der Waals surface area contributed by atoms with E-state index in [1.807, 2.05) is 72.8 Å². The lowest BCUT2D eigenvalue weighted by Gasteiger charge is -2.05. The van der Waals surface area contributed by atoms with Crippen LogP contribution in [0.2, 0.25) is 0 Å². The topological polar surface area (TPSA) is 70.9 Å². The number of oxazole rings is 1. The highest BCUT2D eigenvalue weighted by Gasteiger charge is 2.12. The van der Waals surface area contributed by atoms with Crippen LogP contribution in [0.25, 0.3) is 33.5 Å². The number of hydrogen-bond donors (Lipinski definition) is 2. The summed E-state index contributed by atoms with van der Waals surface area (Å²) in [5, 5.41) is 3.83. The van der Waals surface area contributed by atoms with Crippen LogP contribution >= 0.6 is 0 Å². The maximum Gasteiger partial charge on any atom is 0.257 e.